The van der Waals surface area contributed by atoms with Gasteiger partial charge in [0.15, 0.2) is 16.6 Å². The lowest BCUT2D eigenvalue weighted by Crippen LogP contribution is -2.29. The van der Waals surface area contributed by atoms with Gasteiger partial charge in [0.05, 0.1) is 49.8 Å². The van der Waals surface area contributed by atoms with Gasteiger partial charge < -0.3 is 24.1 Å². The predicted octanol–water partition coefficient (Wildman–Crippen LogP) is 5.88. The highest BCUT2D eigenvalue weighted by atomic mass is 32.1. The average Bonchev–Trinajstić information content (AvgIpc) is 3.52. The molecule has 9 nitrogen and oxygen atoms in total. The van der Waals surface area contributed by atoms with Crippen LogP contribution in [0.3, 0.4) is 0 Å². The quantitative estimate of drug-likeness (QED) is 0.149. The van der Waals surface area contributed by atoms with Crippen LogP contribution in [0.4, 0.5) is 9.52 Å². The average molecular weight is 579 g/mol. The number of hydrogen-bond donors (Lipinski definition) is 1. The van der Waals surface area contributed by atoms with Crippen LogP contribution in [0, 0.1) is 5.82 Å². The van der Waals surface area contributed by atoms with Crippen LogP contribution in [0.1, 0.15) is 30.5 Å². The number of nitrogens with zero attached hydrogens (tertiary/aromatic N) is 2. The normalized spacial score (nSPS) is 16.3. The molecule has 1 atom stereocenters. The summed E-state index contributed by atoms with van der Waals surface area (Å²) in [4.78, 5) is 32.9. The Bertz CT molecular complexity index is 1640. The molecule has 41 heavy (non-hydrogen) atoms. The number of halogens is 1. The molecule has 1 aliphatic rings. The van der Waals surface area contributed by atoms with E-state index in [1.54, 1.807) is 36.4 Å². The van der Waals surface area contributed by atoms with Crippen molar-refractivity contribution in [2.75, 3.05) is 32.8 Å². The Morgan fingerprint density at radius 2 is 1.68 bits per heavy atom. The molecule has 1 aliphatic heterocycles. The Balaban J connectivity index is 1.72. The lowest BCUT2D eigenvalue weighted by atomic mass is 9.94. The molecule has 0 spiro atoms. The van der Waals surface area contributed by atoms with E-state index in [9.17, 15) is 19.1 Å². The van der Waals surface area contributed by atoms with Crippen LogP contribution >= 0.6 is 11.3 Å². The van der Waals surface area contributed by atoms with Gasteiger partial charge >= 0.3 is 5.91 Å². The fourth-order valence-corrected chi connectivity index (χ4v) is 5.70. The van der Waals surface area contributed by atoms with E-state index in [1.165, 1.54) is 44.4 Å². The van der Waals surface area contributed by atoms with Gasteiger partial charge in [-0.25, -0.2) is 9.37 Å². The van der Waals surface area contributed by atoms with Crippen molar-refractivity contribution in [1.82, 2.24) is 4.98 Å². The number of amides is 1. The first-order chi connectivity index (χ1) is 19.8. The second-order valence-corrected chi connectivity index (χ2v) is 10.1. The highest BCUT2D eigenvalue weighted by molar-refractivity contribution is 7.22. The number of aliphatic hydroxyl groups is 1. The second kappa shape index (κ2) is 11.5. The summed E-state index contributed by atoms with van der Waals surface area (Å²) < 4.78 is 36.6. The minimum absolute atomic E-state index is 0.156. The van der Waals surface area contributed by atoms with Gasteiger partial charge in [0.1, 0.15) is 17.3 Å². The number of methoxy groups -OCH3 is 3. The summed E-state index contributed by atoms with van der Waals surface area (Å²) in [5.41, 5.74) is 1.01. The number of carbonyl (C=O) groups is 2. The Morgan fingerprint density at radius 3 is 2.29 bits per heavy atom. The summed E-state index contributed by atoms with van der Waals surface area (Å²) in [7, 11) is 4.35. The Morgan fingerprint density at radius 1 is 1.00 bits per heavy atom. The third-order valence-electron chi connectivity index (χ3n) is 6.59. The van der Waals surface area contributed by atoms with Crippen LogP contribution in [0.25, 0.3) is 16.0 Å². The van der Waals surface area contributed by atoms with Crippen molar-refractivity contribution >= 4 is 44.1 Å². The van der Waals surface area contributed by atoms with Gasteiger partial charge in [0, 0.05) is 5.56 Å². The molecule has 1 amide bonds. The molecule has 4 aromatic rings. The maximum absolute atomic E-state index is 13.9. The maximum Gasteiger partial charge on any atom is 0.301 e. The first-order valence-electron chi connectivity index (χ1n) is 12.7. The summed E-state index contributed by atoms with van der Waals surface area (Å²) in [5, 5.41) is 11.6. The van der Waals surface area contributed by atoms with Gasteiger partial charge in [-0.1, -0.05) is 18.3 Å². The van der Waals surface area contributed by atoms with E-state index in [1.807, 2.05) is 6.92 Å². The van der Waals surface area contributed by atoms with Crippen LogP contribution < -0.4 is 23.8 Å². The lowest BCUT2D eigenvalue weighted by Gasteiger charge is -2.24. The molecule has 212 valence electrons. The molecule has 1 aromatic heterocycles. The highest BCUT2D eigenvalue weighted by Gasteiger charge is 2.48. The predicted molar refractivity (Wildman–Crippen MR) is 153 cm³/mol. The SMILES string of the molecule is CCCOc1ccc(C(O)=C2C(=O)C(=O)N(c3nc4ccc(F)cc4s3)C2c2cc(OC)c(OC)c(OC)c2)cc1. The number of aliphatic hydroxyl groups excluding tert-OH is 1. The van der Waals surface area contributed by atoms with Crippen LogP contribution in [-0.2, 0) is 9.59 Å². The van der Waals surface area contributed by atoms with Gasteiger partial charge in [0.25, 0.3) is 5.78 Å². The minimum atomic E-state index is -1.12. The number of benzene rings is 3. The monoisotopic (exact) mass is 578 g/mol. The van der Waals surface area contributed by atoms with E-state index in [2.05, 4.69) is 4.98 Å². The molecule has 1 saturated heterocycles. The van der Waals surface area contributed by atoms with E-state index in [-0.39, 0.29) is 28.0 Å². The number of thiazole rings is 1. The van der Waals surface area contributed by atoms with E-state index in [0.717, 1.165) is 17.8 Å². The summed E-state index contributed by atoms with van der Waals surface area (Å²) in [6.45, 7) is 2.52. The molecule has 11 heteroatoms. The molecule has 5 rings (SSSR count). The zero-order valence-corrected chi connectivity index (χ0v) is 23.6. The van der Waals surface area contributed by atoms with Crippen molar-refractivity contribution in [3.63, 3.8) is 0 Å². The number of aromatic nitrogens is 1. The van der Waals surface area contributed by atoms with Crippen molar-refractivity contribution in [2.24, 2.45) is 0 Å². The maximum atomic E-state index is 13.9. The van der Waals surface area contributed by atoms with Crippen LogP contribution in [0.2, 0.25) is 0 Å². The molecule has 1 N–H and O–H groups in total. The third-order valence-corrected chi connectivity index (χ3v) is 7.61. The second-order valence-electron chi connectivity index (χ2n) is 9.11. The van der Waals surface area contributed by atoms with Gasteiger partial charge in [-0.3, -0.25) is 14.5 Å². The topological polar surface area (TPSA) is 107 Å². The van der Waals surface area contributed by atoms with Crippen molar-refractivity contribution in [1.29, 1.82) is 0 Å². The molecule has 0 aliphatic carbocycles. The van der Waals surface area contributed by atoms with Gasteiger partial charge in [0.2, 0.25) is 5.75 Å². The molecule has 2 heterocycles. The number of rotatable bonds is 9. The molecule has 0 radical (unpaired) electrons. The zero-order chi connectivity index (χ0) is 29.3. The smallest absolute Gasteiger partial charge is 0.301 e. The number of fused-ring (bicyclic) bond motifs is 1. The molecule has 0 bridgehead atoms. The number of hydrogen-bond acceptors (Lipinski definition) is 9. The summed E-state index contributed by atoms with van der Waals surface area (Å²) in [5.74, 6) is -1.14. The molecule has 1 unspecified atom stereocenters. The van der Waals surface area contributed by atoms with E-state index in [0.29, 0.717) is 39.4 Å². The molecule has 1 fully saturated rings. The van der Waals surface area contributed by atoms with Crippen LogP contribution in [0.5, 0.6) is 23.0 Å². The number of ether oxygens (including phenoxy) is 4. The number of Topliss-reactive ketones (excluding diaryl/α,β-unsaturated/α-hetero) is 1. The highest BCUT2D eigenvalue weighted by Crippen LogP contribution is 2.48. The minimum Gasteiger partial charge on any atom is -0.507 e. The largest absolute Gasteiger partial charge is 0.507 e. The zero-order valence-electron chi connectivity index (χ0n) is 22.8. The van der Waals surface area contributed by atoms with Gasteiger partial charge in [-0.15, -0.1) is 0 Å². The molecular formula is C30H27FN2O7S. The summed E-state index contributed by atoms with van der Waals surface area (Å²) in [6.07, 6.45) is 0.832. The first-order valence-corrected chi connectivity index (χ1v) is 13.5. The first kappa shape index (κ1) is 27.9. The fraction of sp³-hybridized carbons (Fsp3) is 0.233. The summed E-state index contributed by atoms with van der Waals surface area (Å²) >= 11 is 1.05. The molecule has 3 aromatic carbocycles. The van der Waals surface area contributed by atoms with E-state index < -0.39 is 23.5 Å². The summed E-state index contributed by atoms with van der Waals surface area (Å²) in [6, 6.07) is 12.7. The van der Waals surface area contributed by atoms with Gasteiger partial charge in [-0.05, 0) is 66.6 Å². The van der Waals surface area contributed by atoms with Gasteiger partial charge in [-0.2, -0.15) is 0 Å². The van der Waals surface area contributed by atoms with Crippen molar-refractivity contribution < 1.29 is 38.0 Å². The third kappa shape index (κ3) is 5.04. The van der Waals surface area contributed by atoms with Crippen molar-refractivity contribution in [3.8, 4) is 23.0 Å². The fourth-order valence-electron chi connectivity index (χ4n) is 4.68. The molecular weight excluding hydrogens is 551 g/mol. The van der Waals surface area contributed by atoms with Crippen molar-refractivity contribution in [2.45, 2.75) is 19.4 Å². The van der Waals surface area contributed by atoms with Crippen LogP contribution in [0.15, 0.2) is 60.2 Å². The number of carbonyl (C=O) groups excluding carboxylic acids is 2. The van der Waals surface area contributed by atoms with Crippen LogP contribution in [-0.4, -0.2) is 49.7 Å². The number of ketones is 1. The number of anilines is 1. The molecule has 0 saturated carbocycles. The lowest BCUT2D eigenvalue weighted by molar-refractivity contribution is -0.132. The van der Waals surface area contributed by atoms with E-state index in [4.69, 9.17) is 18.9 Å². The standard InChI is InChI=1S/C30H27FN2O7S/c1-5-12-40-19-9-6-16(7-10-19)26(34)24-25(17-13-21(37-2)28(39-4)22(14-17)38-3)33(29(36)27(24)35)30-32-20-11-8-18(31)15-23(20)41-30/h6-11,13-15,25,34H,5,12H2,1-4H3. The van der Waals surface area contributed by atoms with E-state index >= 15 is 0 Å². The Labute approximate surface area is 239 Å². The Kier molecular flexibility index (Phi) is 7.80. The Hall–Kier alpha value is -4.64. The van der Waals surface area contributed by atoms with Crippen molar-refractivity contribution in [3.05, 3.63) is 77.1 Å².